The van der Waals surface area contributed by atoms with Gasteiger partial charge < -0.3 is 4.57 Å². The highest BCUT2D eigenvalue weighted by Crippen LogP contribution is 2.20. The summed E-state index contributed by atoms with van der Waals surface area (Å²) in [6.07, 6.45) is 5.42. The Bertz CT molecular complexity index is 812. The first kappa shape index (κ1) is 14.0. The van der Waals surface area contributed by atoms with Crippen LogP contribution in [0.3, 0.4) is 0 Å². The first-order chi connectivity index (χ1) is 10.1. The Morgan fingerprint density at radius 2 is 1.90 bits per heavy atom. The zero-order valence-corrected chi connectivity index (χ0v) is 12.2. The van der Waals surface area contributed by atoms with E-state index in [4.69, 9.17) is 23.2 Å². The fourth-order valence-electron chi connectivity index (χ4n) is 1.89. The predicted octanol–water partition coefficient (Wildman–Crippen LogP) is 3.99. The Balaban J connectivity index is 1.84. The molecule has 0 unspecified atom stereocenters. The van der Waals surface area contributed by atoms with Crippen LogP contribution >= 0.6 is 23.2 Å². The first-order valence-corrected chi connectivity index (χ1v) is 6.85. The van der Waals surface area contributed by atoms with Crippen LogP contribution in [-0.4, -0.2) is 19.5 Å². The molecular weight excluding hydrogens is 314 g/mol. The molecule has 7 heteroatoms. The van der Waals surface area contributed by atoms with E-state index in [1.54, 1.807) is 23.0 Å². The minimum absolute atomic E-state index is 0.0803. The van der Waals surface area contributed by atoms with Gasteiger partial charge in [0.05, 0.1) is 6.33 Å². The Hall–Kier alpha value is -1.98. The lowest BCUT2D eigenvalue weighted by Gasteiger charge is -2.00. The van der Waals surface area contributed by atoms with E-state index < -0.39 is 0 Å². The summed E-state index contributed by atoms with van der Waals surface area (Å²) in [4.78, 5) is 12.1. The largest absolute Gasteiger partial charge is 0.311 e. The van der Waals surface area contributed by atoms with Crippen molar-refractivity contribution >= 4 is 40.4 Å². The lowest BCUT2D eigenvalue weighted by atomic mass is 10.2. The van der Waals surface area contributed by atoms with Crippen LogP contribution in [0.25, 0.3) is 17.2 Å². The second kappa shape index (κ2) is 5.79. The maximum Gasteiger partial charge on any atom is 0.225 e. The van der Waals surface area contributed by atoms with E-state index in [1.165, 1.54) is 12.1 Å². The highest BCUT2D eigenvalue weighted by atomic mass is 35.5. The molecule has 4 nitrogen and oxygen atoms in total. The average Bonchev–Trinajstić information content (AvgIpc) is 2.84. The Labute approximate surface area is 129 Å². The Morgan fingerprint density at radius 1 is 1.14 bits per heavy atom. The van der Waals surface area contributed by atoms with Gasteiger partial charge in [0, 0.05) is 6.54 Å². The smallest absolute Gasteiger partial charge is 0.225 e. The van der Waals surface area contributed by atoms with Gasteiger partial charge in [0.25, 0.3) is 0 Å². The fraction of sp³-hybridized carbons (Fsp3) is 0.0714. The third-order valence-corrected chi connectivity index (χ3v) is 3.31. The molecule has 0 amide bonds. The number of hydrogen-bond acceptors (Lipinski definition) is 3. The molecule has 2 heterocycles. The first-order valence-electron chi connectivity index (χ1n) is 6.09. The summed E-state index contributed by atoms with van der Waals surface area (Å²) in [5.41, 5.74) is 1.99. The molecule has 0 N–H and O–H groups in total. The maximum atomic E-state index is 12.8. The van der Waals surface area contributed by atoms with Gasteiger partial charge in [-0.15, -0.1) is 0 Å². The van der Waals surface area contributed by atoms with Crippen LogP contribution in [0.1, 0.15) is 5.56 Å². The van der Waals surface area contributed by atoms with Crippen molar-refractivity contribution in [3.8, 4) is 0 Å². The van der Waals surface area contributed by atoms with Crippen molar-refractivity contribution in [3.05, 3.63) is 58.5 Å². The topological polar surface area (TPSA) is 43.6 Å². The molecule has 106 valence electrons. The molecule has 0 saturated carbocycles. The van der Waals surface area contributed by atoms with Crippen molar-refractivity contribution in [3.63, 3.8) is 0 Å². The van der Waals surface area contributed by atoms with Crippen molar-refractivity contribution in [2.45, 2.75) is 6.54 Å². The Morgan fingerprint density at radius 3 is 2.67 bits per heavy atom. The SMILES string of the molecule is Fc1ccc(/C=C/Cn2cnc3c(Cl)nc(Cl)nc32)cc1. The number of hydrogen-bond donors (Lipinski definition) is 0. The van der Waals surface area contributed by atoms with E-state index in [-0.39, 0.29) is 16.3 Å². The molecule has 0 saturated heterocycles. The predicted molar refractivity (Wildman–Crippen MR) is 80.8 cm³/mol. The number of imidazole rings is 1. The molecule has 0 atom stereocenters. The highest BCUT2D eigenvalue weighted by Gasteiger charge is 2.09. The molecule has 0 spiro atoms. The van der Waals surface area contributed by atoms with E-state index in [2.05, 4.69) is 15.0 Å². The fourth-order valence-corrected chi connectivity index (χ4v) is 2.32. The summed E-state index contributed by atoms with van der Waals surface area (Å²) in [5.74, 6) is -0.256. The number of fused-ring (bicyclic) bond motifs is 1. The van der Waals surface area contributed by atoms with E-state index in [0.29, 0.717) is 17.7 Å². The standard InChI is InChI=1S/C14H9Cl2FN4/c15-12-11-13(20-14(16)19-12)21(8-18-11)7-1-2-9-3-5-10(17)6-4-9/h1-6,8H,7H2/b2-1+. The number of aromatic nitrogens is 4. The normalized spacial score (nSPS) is 11.6. The summed E-state index contributed by atoms with van der Waals surface area (Å²) in [5, 5.41) is 0.308. The molecular formula is C14H9Cl2FN4. The molecule has 0 bridgehead atoms. The minimum atomic E-state index is -0.256. The number of allylic oxidation sites excluding steroid dienone is 1. The summed E-state index contributed by atoms with van der Waals surface area (Å²) in [6.45, 7) is 0.539. The van der Waals surface area contributed by atoms with Crippen LogP contribution < -0.4 is 0 Å². The van der Waals surface area contributed by atoms with Crippen LogP contribution in [0.15, 0.2) is 36.7 Å². The van der Waals surface area contributed by atoms with Gasteiger partial charge in [0.15, 0.2) is 10.8 Å². The third-order valence-electron chi connectivity index (χ3n) is 2.88. The highest BCUT2D eigenvalue weighted by molar-refractivity contribution is 6.35. The average molecular weight is 323 g/mol. The van der Waals surface area contributed by atoms with Gasteiger partial charge in [0.1, 0.15) is 11.3 Å². The van der Waals surface area contributed by atoms with Crippen molar-refractivity contribution in [1.82, 2.24) is 19.5 Å². The van der Waals surface area contributed by atoms with Gasteiger partial charge in [-0.2, -0.15) is 4.98 Å². The maximum absolute atomic E-state index is 12.8. The van der Waals surface area contributed by atoms with Crippen LogP contribution in [0.4, 0.5) is 4.39 Å². The number of nitrogens with zero attached hydrogens (tertiary/aromatic N) is 4. The molecule has 0 aliphatic rings. The lowest BCUT2D eigenvalue weighted by molar-refractivity contribution is 0.628. The van der Waals surface area contributed by atoms with E-state index in [9.17, 15) is 4.39 Å². The van der Waals surface area contributed by atoms with Gasteiger partial charge in [-0.25, -0.2) is 14.4 Å². The summed E-state index contributed by atoms with van der Waals surface area (Å²) >= 11 is 11.8. The van der Waals surface area contributed by atoms with Gasteiger partial charge in [-0.05, 0) is 29.3 Å². The molecule has 0 aliphatic carbocycles. The molecule has 0 aliphatic heterocycles. The van der Waals surface area contributed by atoms with Gasteiger partial charge in [-0.1, -0.05) is 35.9 Å². The van der Waals surface area contributed by atoms with Crippen LogP contribution in [-0.2, 0) is 6.54 Å². The van der Waals surface area contributed by atoms with Crippen LogP contribution in [0, 0.1) is 5.82 Å². The zero-order valence-electron chi connectivity index (χ0n) is 10.7. The monoisotopic (exact) mass is 322 g/mol. The minimum Gasteiger partial charge on any atom is -0.311 e. The van der Waals surface area contributed by atoms with E-state index >= 15 is 0 Å². The molecule has 2 aromatic heterocycles. The number of benzene rings is 1. The summed E-state index contributed by atoms with van der Waals surface area (Å²) in [6, 6.07) is 6.24. The van der Waals surface area contributed by atoms with Crippen LogP contribution in [0.5, 0.6) is 0 Å². The van der Waals surface area contributed by atoms with Crippen molar-refractivity contribution in [2.75, 3.05) is 0 Å². The van der Waals surface area contributed by atoms with Crippen molar-refractivity contribution in [1.29, 1.82) is 0 Å². The third kappa shape index (κ3) is 3.04. The summed E-state index contributed by atoms with van der Waals surface area (Å²) in [7, 11) is 0. The van der Waals surface area contributed by atoms with Gasteiger partial charge >= 0.3 is 0 Å². The zero-order chi connectivity index (χ0) is 14.8. The Kier molecular flexibility index (Phi) is 3.86. The lowest BCUT2D eigenvalue weighted by Crippen LogP contribution is -1.96. The molecule has 21 heavy (non-hydrogen) atoms. The van der Waals surface area contributed by atoms with Crippen molar-refractivity contribution < 1.29 is 4.39 Å². The quantitative estimate of drug-likeness (QED) is 0.541. The molecule has 0 fully saturated rings. The number of rotatable bonds is 3. The second-order valence-corrected chi connectivity index (χ2v) is 5.00. The number of halogens is 3. The molecule has 3 aromatic rings. The van der Waals surface area contributed by atoms with Crippen LogP contribution in [0.2, 0.25) is 10.4 Å². The van der Waals surface area contributed by atoms with E-state index in [1.807, 2.05) is 12.2 Å². The van der Waals surface area contributed by atoms with Crippen molar-refractivity contribution in [2.24, 2.45) is 0 Å². The second-order valence-electron chi connectivity index (χ2n) is 4.31. The molecule has 1 aromatic carbocycles. The molecule has 3 rings (SSSR count). The van der Waals surface area contributed by atoms with Gasteiger partial charge in [-0.3, -0.25) is 0 Å². The van der Waals surface area contributed by atoms with Gasteiger partial charge in [0.2, 0.25) is 5.28 Å². The molecule has 0 radical (unpaired) electrons. The summed E-state index contributed by atoms with van der Waals surface area (Å²) < 4.78 is 14.6. The van der Waals surface area contributed by atoms with E-state index in [0.717, 1.165) is 5.56 Å².